The molecular weight excluding hydrogens is 244 g/mol. The molecule has 3 aromatic rings. The Morgan fingerprint density at radius 3 is 2.42 bits per heavy atom. The molecule has 2 aromatic carbocycles. The van der Waals surface area contributed by atoms with Crippen molar-refractivity contribution in [3.63, 3.8) is 0 Å². The largest absolute Gasteiger partial charge is 0.506 e. The number of rotatable bonds is 1. The molecule has 0 amide bonds. The standard InChI is InChI=1S/C14H10N2O3/c17-12-8-4-3-7-11(12)16-13(18)9-5-1-2-6-10(9)15-14(16)19/h1-8,17H,(H,15,19). The third kappa shape index (κ3) is 1.72. The second kappa shape index (κ2) is 4.13. The van der Waals surface area contributed by atoms with Gasteiger partial charge in [-0.1, -0.05) is 24.3 Å². The first-order chi connectivity index (χ1) is 9.18. The lowest BCUT2D eigenvalue weighted by molar-refractivity contribution is 0.471. The van der Waals surface area contributed by atoms with Crippen LogP contribution in [0.3, 0.4) is 0 Å². The number of fused-ring (bicyclic) bond motifs is 1. The molecule has 5 heteroatoms. The van der Waals surface area contributed by atoms with Gasteiger partial charge in [-0.2, -0.15) is 0 Å². The summed E-state index contributed by atoms with van der Waals surface area (Å²) in [7, 11) is 0. The maximum absolute atomic E-state index is 12.3. The lowest BCUT2D eigenvalue weighted by atomic mass is 10.2. The fourth-order valence-corrected chi connectivity index (χ4v) is 2.03. The third-order valence-corrected chi connectivity index (χ3v) is 2.93. The van der Waals surface area contributed by atoms with Gasteiger partial charge in [-0.25, -0.2) is 9.36 Å². The van der Waals surface area contributed by atoms with E-state index in [0.717, 1.165) is 4.57 Å². The topological polar surface area (TPSA) is 75.1 Å². The van der Waals surface area contributed by atoms with Crippen molar-refractivity contribution in [2.75, 3.05) is 0 Å². The van der Waals surface area contributed by atoms with Gasteiger partial charge < -0.3 is 10.1 Å². The minimum Gasteiger partial charge on any atom is -0.506 e. The summed E-state index contributed by atoms with van der Waals surface area (Å²) in [5.74, 6) is -0.120. The molecule has 0 aliphatic rings. The van der Waals surface area contributed by atoms with Crippen molar-refractivity contribution in [2.45, 2.75) is 0 Å². The Bertz CT molecular complexity index is 877. The highest BCUT2D eigenvalue weighted by atomic mass is 16.3. The molecule has 0 radical (unpaired) electrons. The van der Waals surface area contributed by atoms with Crippen molar-refractivity contribution in [1.82, 2.24) is 9.55 Å². The molecule has 0 saturated carbocycles. The Morgan fingerprint density at radius 1 is 0.947 bits per heavy atom. The van der Waals surface area contributed by atoms with Crippen molar-refractivity contribution in [2.24, 2.45) is 0 Å². The summed E-state index contributed by atoms with van der Waals surface area (Å²) in [6.45, 7) is 0. The molecule has 0 unspecified atom stereocenters. The Kier molecular flexibility index (Phi) is 2.45. The van der Waals surface area contributed by atoms with Crippen LogP contribution in [0.2, 0.25) is 0 Å². The van der Waals surface area contributed by atoms with Gasteiger partial charge in [0.25, 0.3) is 5.56 Å². The number of H-pyrrole nitrogens is 1. The highest BCUT2D eigenvalue weighted by Crippen LogP contribution is 2.18. The van der Waals surface area contributed by atoms with Gasteiger partial charge in [-0.05, 0) is 24.3 Å². The molecule has 3 rings (SSSR count). The van der Waals surface area contributed by atoms with Gasteiger partial charge >= 0.3 is 5.69 Å². The second-order valence-corrected chi connectivity index (χ2v) is 4.11. The number of benzene rings is 2. The second-order valence-electron chi connectivity index (χ2n) is 4.11. The number of nitrogens with one attached hydrogen (secondary N) is 1. The first kappa shape index (κ1) is 11.3. The van der Waals surface area contributed by atoms with E-state index in [1.54, 1.807) is 36.4 Å². The van der Waals surface area contributed by atoms with Crippen LogP contribution < -0.4 is 11.2 Å². The number of phenols is 1. The number of aromatic nitrogens is 2. The normalized spacial score (nSPS) is 10.7. The summed E-state index contributed by atoms with van der Waals surface area (Å²) in [5, 5.41) is 10.2. The van der Waals surface area contributed by atoms with Crippen molar-refractivity contribution in [1.29, 1.82) is 0 Å². The fourth-order valence-electron chi connectivity index (χ4n) is 2.03. The van der Waals surface area contributed by atoms with Gasteiger partial charge in [0.15, 0.2) is 0 Å². The summed E-state index contributed by atoms with van der Waals surface area (Å²) in [6, 6.07) is 13.0. The third-order valence-electron chi connectivity index (χ3n) is 2.93. The summed E-state index contributed by atoms with van der Waals surface area (Å²) >= 11 is 0. The van der Waals surface area contributed by atoms with Crippen LogP contribution in [0.1, 0.15) is 0 Å². The molecule has 1 aromatic heterocycles. The zero-order chi connectivity index (χ0) is 13.4. The quantitative estimate of drug-likeness (QED) is 0.689. The van der Waals surface area contributed by atoms with Crippen LogP contribution in [-0.4, -0.2) is 14.7 Å². The van der Waals surface area contributed by atoms with Gasteiger partial charge in [0.05, 0.1) is 16.6 Å². The van der Waals surface area contributed by atoms with Gasteiger partial charge in [-0.15, -0.1) is 0 Å². The van der Waals surface area contributed by atoms with Gasteiger partial charge in [0.2, 0.25) is 0 Å². The minimum atomic E-state index is -0.579. The molecule has 0 atom stereocenters. The Balaban J connectivity index is 2.47. The number of phenolic OH excluding ortho intramolecular Hbond substituents is 1. The Labute approximate surface area is 107 Å². The summed E-state index contributed by atoms with van der Waals surface area (Å²) < 4.78 is 0.928. The molecule has 0 bridgehead atoms. The number of hydrogen-bond donors (Lipinski definition) is 2. The van der Waals surface area contributed by atoms with Crippen LogP contribution in [0.25, 0.3) is 16.6 Å². The van der Waals surface area contributed by atoms with E-state index in [-0.39, 0.29) is 11.4 Å². The molecule has 0 saturated heterocycles. The molecule has 5 nitrogen and oxygen atoms in total. The molecule has 2 N–H and O–H groups in total. The molecule has 19 heavy (non-hydrogen) atoms. The first-order valence-electron chi connectivity index (χ1n) is 5.71. The number of nitrogens with zero attached hydrogens (tertiary/aromatic N) is 1. The first-order valence-corrected chi connectivity index (χ1v) is 5.71. The van der Waals surface area contributed by atoms with E-state index in [9.17, 15) is 14.7 Å². The summed E-state index contributed by atoms with van der Waals surface area (Å²) in [5.41, 5.74) is -0.394. The highest BCUT2D eigenvalue weighted by Gasteiger charge is 2.11. The van der Waals surface area contributed by atoms with Crippen LogP contribution in [0.15, 0.2) is 58.1 Å². The maximum atomic E-state index is 12.3. The molecule has 0 aliphatic heterocycles. The lowest BCUT2D eigenvalue weighted by Crippen LogP contribution is -2.33. The van der Waals surface area contributed by atoms with E-state index >= 15 is 0 Å². The number of aromatic amines is 1. The van der Waals surface area contributed by atoms with E-state index in [2.05, 4.69) is 4.98 Å². The van der Waals surface area contributed by atoms with E-state index < -0.39 is 11.2 Å². The number of aromatic hydroxyl groups is 1. The minimum absolute atomic E-state index is 0.120. The van der Waals surface area contributed by atoms with E-state index in [0.29, 0.717) is 10.9 Å². The summed E-state index contributed by atoms with van der Waals surface area (Å²) in [4.78, 5) is 27.0. The average molecular weight is 254 g/mol. The van der Waals surface area contributed by atoms with Crippen LogP contribution in [-0.2, 0) is 0 Å². The molecule has 0 fully saturated rings. The molecule has 1 heterocycles. The lowest BCUT2D eigenvalue weighted by Gasteiger charge is -2.07. The highest BCUT2D eigenvalue weighted by molar-refractivity contribution is 5.77. The average Bonchev–Trinajstić information content (AvgIpc) is 2.41. The van der Waals surface area contributed by atoms with Crippen LogP contribution in [0, 0.1) is 0 Å². The number of hydrogen-bond acceptors (Lipinski definition) is 3. The van der Waals surface area contributed by atoms with Crippen LogP contribution in [0.4, 0.5) is 0 Å². The Morgan fingerprint density at radius 2 is 1.63 bits per heavy atom. The van der Waals surface area contributed by atoms with Crippen molar-refractivity contribution >= 4 is 10.9 Å². The zero-order valence-corrected chi connectivity index (χ0v) is 9.83. The van der Waals surface area contributed by atoms with Crippen LogP contribution >= 0.6 is 0 Å². The van der Waals surface area contributed by atoms with E-state index in [1.165, 1.54) is 12.1 Å². The molecule has 0 aliphatic carbocycles. The molecular formula is C14H10N2O3. The predicted octanol–water partition coefficient (Wildman–Crippen LogP) is 1.38. The van der Waals surface area contributed by atoms with Gasteiger partial charge in [-0.3, -0.25) is 4.79 Å². The van der Waals surface area contributed by atoms with Crippen molar-refractivity contribution in [3.8, 4) is 11.4 Å². The smallest absolute Gasteiger partial charge is 0.333 e. The van der Waals surface area contributed by atoms with E-state index in [4.69, 9.17) is 0 Å². The summed E-state index contributed by atoms with van der Waals surface area (Å²) in [6.07, 6.45) is 0. The predicted molar refractivity (Wildman–Crippen MR) is 71.8 cm³/mol. The Hall–Kier alpha value is -2.82. The molecule has 0 spiro atoms. The monoisotopic (exact) mass is 254 g/mol. The van der Waals surface area contributed by atoms with Crippen molar-refractivity contribution < 1.29 is 5.11 Å². The number of para-hydroxylation sites is 3. The maximum Gasteiger partial charge on any atom is 0.333 e. The molecule has 94 valence electrons. The van der Waals surface area contributed by atoms with Gasteiger partial charge in [0.1, 0.15) is 5.75 Å². The van der Waals surface area contributed by atoms with Crippen molar-refractivity contribution in [3.05, 3.63) is 69.4 Å². The van der Waals surface area contributed by atoms with Gasteiger partial charge in [0, 0.05) is 0 Å². The zero-order valence-electron chi connectivity index (χ0n) is 9.83. The van der Waals surface area contributed by atoms with E-state index in [1.807, 2.05) is 0 Å². The fraction of sp³-hybridized carbons (Fsp3) is 0. The van der Waals surface area contributed by atoms with Crippen LogP contribution in [0.5, 0.6) is 5.75 Å². The SMILES string of the molecule is O=c1[nH]c2ccccc2c(=O)n1-c1ccccc1O.